The van der Waals surface area contributed by atoms with Crippen LogP contribution in [0.4, 0.5) is 14.9 Å². The number of nitrogens with zero attached hydrogens (tertiary/aromatic N) is 3. The summed E-state index contributed by atoms with van der Waals surface area (Å²) >= 11 is 1.60. The van der Waals surface area contributed by atoms with Gasteiger partial charge in [-0.05, 0) is 67.1 Å². The molecule has 1 fully saturated rings. The molecular formula is C30H37FN4O3S. The Morgan fingerprint density at radius 3 is 2.38 bits per heavy atom. The number of hydrogen-bond donors (Lipinski definition) is 1. The monoisotopic (exact) mass is 552 g/mol. The van der Waals surface area contributed by atoms with Gasteiger partial charge in [0.1, 0.15) is 12.4 Å². The summed E-state index contributed by atoms with van der Waals surface area (Å²) in [5, 5.41) is 5.02. The zero-order chi connectivity index (χ0) is 27.8. The molecule has 1 aliphatic heterocycles. The number of aryl methyl sites for hydroxylation is 3. The SMILES string of the molecule is Cc1ccc(NC(=O)N(CCN2CCOCC2)CC(=O)N(Cc2ccc(F)cc2)Cc2sccc2C)c(C)c1. The van der Waals surface area contributed by atoms with Crippen molar-refractivity contribution in [3.8, 4) is 0 Å². The number of amides is 3. The second kappa shape index (κ2) is 13.7. The van der Waals surface area contributed by atoms with Gasteiger partial charge in [-0.2, -0.15) is 0 Å². The summed E-state index contributed by atoms with van der Waals surface area (Å²) in [5.74, 6) is -0.479. The maximum atomic E-state index is 13.8. The minimum Gasteiger partial charge on any atom is -0.379 e. The summed E-state index contributed by atoms with van der Waals surface area (Å²) < 4.78 is 19.0. The zero-order valence-corrected chi connectivity index (χ0v) is 23.7. The first-order chi connectivity index (χ1) is 18.8. The topological polar surface area (TPSA) is 65.1 Å². The molecule has 1 saturated heterocycles. The third-order valence-electron chi connectivity index (χ3n) is 6.97. The number of carbonyl (C=O) groups excluding carboxylic acids is 2. The second-order valence-corrected chi connectivity index (χ2v) is 11.0. The number of nitrogens with one attached hydrogen (secondary N) is 1. The predicted octanol–water partition coefficient (Wildman–Crippen LogP) is 5.21. The van der Waals surface area contributed by atoms with E-state index in [1.54, 1.807) is 33.3 Å². The van der Waals surface area contributed by atoms with E-state index in [9.17, 15) is 14.0 Å². The predicted molar refractivity (Wildman–Crippen MR) is 153 cm³/mol. The van der Waals surface area contributed by atoms with Crippen LogP contribution in [0.15, 0.2) is 53.9 Å². The molecule has 208 valence electrons. The van der Waals surface area contributed by atoms with Crippen LogP contribution in [0, 0.1) is 26.6 Å². The highest BCUT2D eigenvalue weighted by Crippen LogP contribution is 2.21. The van der Waals surface area contributed by atoms with Crippen LogP contribution in [0.1, 0.15) is 27.1 Å². The molecule has 4 rings (SSSR count). The maximum Gasteiger partial charge on any atom is 0.322 e. The molecule has 2 heterocycles. The Kier molecular flexibility index (Phi) is 10.1. The highest BCUT2D eigenvalue weighted by Gasteiger charge is 2.24. The Labute approximate surface area is 234 Å². The van der Waals surface area contributed by atoms with Crippen LogP contribution in [0.2, 0.25) is 0 Å². The fraction of sp³-hybridized carbons (Fsp3) is 0.400. The molecule has 0 radical (unpaired) electrons. The summed E-state index contributed by atoms with van der Waals surface area (Å²) in [6.45, 7) is 10.7. The van der Waals surface area contributed by atoms with E-state index < -0.39 is 0 Å². The molecule has 1 N–H and O–H groups in total. The first-order valence-corrected chi connectivity index (χ1v) is 14.1. The lowest BCUT2D eigenvalue weighted by Gasteiger charge is -2.31. The molecule has 9 heteroatoms. The molecule has 7 nitrogen and oxygen atoms in total. The first-order valence-electron chi connectivity index (χ1n) is 13.3. The highest BCUT2D eigenvalue weighted by molar-refractivity contribution is 7.10. The Morgan fingerprint density at radius 1 is 0.974 bits per heavy atom. The van der Waals surface area contributed by atoms with Crippen LogP contribution < -0.4 is 5.32 Å². The number of thiophene rings is 1. The number of benzene rings is 2. The van der Waals surface area contributed by atoms with E-state index in [-0.39, 0.29) is 24.3 Å². The molecule has 1 aromatic heterocycles. The standard InChI is InChI=1S/C30H37FN4O3S/c1-22-4-9-27(24(3)18-22)32-30(37)34(12-11-33-13-15-38-16-14-33)21-29(36)35(20-28-23(2)10-17-39-28)19-25-5-7-26(31)8-6-25/h4-10,17-18H,11-16,19-21H2,1-3H3,(H,32,37). The van der Waals surface area contributed by atoms with Crippen molar-refractivity contribution in [2.24, 2.45) is 0 Å². The van der Waals surface area contributed by atoms with Crippen molar-refractivity contribution >= 4 is 29.0 Å². The normalized spacial score (nSPS) is 13.7. The first kappa shape index (κ1) is 28.7. The third kappa shape index (κ3) is 8.36. The molecule has 2 aromatic carbocycles. The minimum absolute atomic E-state index is 0.0628. The number of carbonyl (C=O) groups is 2. The van der Waals surface area contributed by atoms with Gasteiger partial charge in [-0.1, -0.05) is 29.8 Å². The summed E-state index contributed by atoms with van der Waals surface area (Å²) in [6.07, 6.45) is 0. The Balaban J connectivity index is 1.52. The Morgan fingerprint density at radius 2 is 1.72 bits per heavy atom. The maximum absolute atomic E-state index is 13.8. The number of urea groups is 1. The van der Waals surface area contributed by atoms with E-state index in [1.807, 2.05) is 50.4 Å². The molecule has 0 aliphatic carbocycles. The third-order valence-corrected chi connectivity index (χ3v) is 7.98. The van der Waals surface area contributed by atoms with E-state index in [0.29, 0.717) is 39.4 Å². The van der Waals surface area contributed by atoms with Crippen molar-refractivity contribution in [3.63, 3.8) is 0 Å². The van der Waals surface area contributed by atoms with Crippen LogP contribution in [0.25, 0.3) is 0 Å². The summed E-state index contributed by atoms with van der Waals surface area (Å²) in [6, 6.07) is 13.8. The molecular weight excluding hydrogens is 515 g/mol. The van der Waals surface area contributed by atoms with Crippen molar-refractivity contribution in [2.75, 3.05) is 51.3 Å². The highest BCUT2D eigenvalue weighted by atomic mass is 32.1. The van der Waals surface area contributed by atoms with Crippen molar-refractivity contribution in [1.82, 2.24) is 14.7 Å². The zero-order valence-electron chi connectivity index (χ0n) is 22.9. The van der Waals surface area contributed by atoms with Gasteiger partial charge in [0, 0.05) is 43.3 Å². The molecule has 0 unspecified atom stereocenters. The number of morpholine rings is 1. The number of ether oxygens (including phenoxy) is 1. The number of halogens is 1. The smallest absolute Gasteiger partial charge is 0.322 e. The van der Waals surface area contributed by atoms with E-state index in [0.717, 1.165) is 45.9 Å². The van der Waals surface area contributed by atoms with Gasteiger partial charge in [0.15, 0.2) is 0 Å². The molecule has 0 saturated carbocycles. The molecule has 3 aromatic rings. The van der Waals surface area contributed by atoms with E-state index in [2.05, 4.69) is 10.2 Å². The van der Waals surface area contributed by atoms with Crippen LogP contribution >= 0.6 is 11.3 Å². The van der Waals surface area contributed by atoms with E-state index in [1.165, 1.54) is 12.1 Å². The average Bonchev–Trinajstić information content (AvgIpc) is 3.33. The second-order valence-electron chi connectivity index (χ2n) is 10.0. The fourth-order valence-corrected chi connectivity index (χ4v) is 5.45. The Hall–Kier alpha value is -3.27. The Bertz CT molecular complexity index is 1260. The van der Waals surface area contributed by atoms with Crippen molar-refractivity contribution in [2.45, 2.75) is 33.9 Å². The minimum atomic E-state index is -0.317. The van der Waals surface area contributed by atoms with E-state index in [4.69, 9.17) is 4.74 Å². The largest absolute Gasteiger partial charge is 0.379 e. The summed E-state index contributed by atoms with van der Waals surface area (Å²) in [7, 11) is 0. The van der Waals surface area contributed by atoms with Gasteiger partial charge < -0.3 is 19.9 Å². The van der Waals surface area contributed by atoms with Crippen molar-refractivity contribution in [3.05, 3.63) is 86.9 Å². The van der Waals surface area contributed by atoms with Gasteiger partial charge in [0.05, 0.1) is 19.8 Å². The summed E-state index contributed by atoms with van der Waals surface area (Å²) in [4.78, 5) is 34.0. The quantitative estimate of drug-likeness (QED) is 0.375. The van der Waals surface area contributed by atoms with Crippen LogP contribution in [0.5, 0.6) is 0 Å². The van der Waals surface area contributed by atoms with Crippen molar-refractivity contribution < 1.29 is 18.7 Å². The van der Waals surface area contributed by atoms with Gasteiger partial charge in [-0.3, -0.25) is 9.69 Å². The summed E-state index contributed by atoms with van der Waals surface area (Å²) in [5.41, 5.74) is 4.76. The molecule has 3 amide bonds. The molecule has 0 bridgehead atoms. The lowest BCUT2D eigenvalue weighted by molar-refractivity contribution is -0.133. The fourth-order valence-electron chi connectivity index (χ4n) is 4.53. The number of rotatable bonds is 10. The van der Waals surface area contributed by atoms with Gasteiger partial charge in [0.2, 0.25) is 5.91 Å². The molecule has 39 heavy (non-hydrogen) atoms. The lowest BCUT2D eigenvalue weighted by atomic mass is 10.1. The van der Waals surface area contributed by atoms with Crippen LogP contribution in [-0.2, 0) is 22.6 Å². The molecule has 1 aliphatic rings. The number of anilines is 1. The van der Waals surface area contributed by atoms with E-state index >= 15 is 0 Å². The van der Waals surface area contributed by atoms with Gasteiger partial charge in [0.25, 0.3) is 0 Å². The lowest BCUT2D eigenvalue weighted by Crippen LogP contribution is -2.48. The molecule has 0 spiro atoms. The average molecular weight is 553 g/mol. The molecule has 0 atom stereocenters. The van der Waals surface area contributed by atoms with Gasteiger partial charge in [-0.15, -0.1) is 11.3 Å². The van der Waals surface area contributed by atoms with Crippen molar-refractivity contribution in [1.29, 1.82) is 0 Å². The van der Waals surface area contributed by atoms with Gasteiger partial charge in [-0.25, -0.2) is 9.18 Å². The number of hydrogen-bond acceptors (Lipinski definition) is 5. The van der Waals surface area contributed by atoms with Crippen LogP contribution in [-0.4, -0.2) is 72.6 Å². The van der Waals surface area contributed by atoms with Gasteiger partial charge >= 0.3 is 6.03 Å². The van der Waals surface area contributed by atoms with Crippen LogP contribution in [0.3, 0.4) is 0 Å².